The Morgan fingerprint density at radius 3 is 2.59 bits per heavy atom. The SMILES string of the molecule is CC1=C(C(=O)Nc2ccc(Cl)cc2)C(c2ccc(O)cc2)n2ncnc2N1. The van der Waals surface area contributed by atoms with Crippen LogP contribution in [-0.2, 0) is 4.79 Å². The number of halogens is 1. The highest BCUT2D eigenvalue weighted by Gasteiger charge is 2.33. The number of allylic oxidation sites excluding steroid dienone is 1. The number of rotatable bonds is 3. The smallest absolute Gasteiger partial charge is 0.255 e. The minimum Gasteiger partial charge on any atom is -0.508 e. The van der Waals surface area contributed by atoms with E-state index in [0.717, 1.165) is 5.56 Å². The summed E-state index contributed by atoms with van der Waals surface area (Å²) >= 11 is 5.91. The summed E-state index contributed by atoms with van der Waals surface area (Å²) < 4.78 is 1.65. The highest BCUT2D eigenvalue weighted by Crippen LogP contribution is 2.35. The fourth-order valence-corrected chi connectivity index (χ4v) is 3.21. The molecule has 0 aliphatic carbocycles. The second kappa shape index (κ2) is 6.77. The molecule has 7 nitrogen and oxygen atoms in total. The number of nitrogens with one attached hydrogen (secondary N) is 2. The van der Waals surface area contributed by atoms with Crippen molar-refractivity contribution < 1.29 is 9.90 Å². The maximum atomic E-state index is 13.1. The number of hydrogen-bond acceptors (Lipinski definition) is 5. The topological polar surface area (TPSA) is 92.1 Å². The molecule has 0 fully saturated rings. The Morgan fingerprint density at radius 2 is 1.89 bits per heavy atom. The lowest BCUT2D eigenvalue weighted by molar-refractivity contribution is -0.113. The standard InChI is InChI=1S/C19H16ClN5O2/c1-11-16(18(27)24-14-6-4-13(20)5-7-14)17(12-2-8-15(26)9-3-12)25-19(23-11)21-10-22-25/h2-10,17,26H,1H3,(H,24,27)(H,21,22,23). The van der Waals surface area contributed by atoms with Crippen molar-refractivity contribution in [3.63, 3.8) is 0 Å². The van der Waals surface area contributed by atoms with Crippen molar-refractivity contribution in [2.24, 2.45) is 0 Å². The van der Waals surface area contributed by atoms with Gasteiger partial charge >= 0.3 is 0 Å². The highest BCUT2D eigenvalue weighted by atomic mass is 35.5. The molecule has 3 N–H and O–H groups in total. The Kier molecular flexibility index (Phi) is 4.29. The van der Waals surface area contributed by atoms with Gasteiger partial charge in [-0.25, -0.2) is 4.68 Å². The van der Waals surface area contributed by atoms with Gasteiger partial charge in [-0.05, 0) is 48.9 Å². The minimum absolute atomic E-state index is 0.152. The van der Waals surface area contributed by atoms with Crippen LogP contribution in [0.1, 0.15) is 18.5 Å². The maximum Gasteiger partial charge on any atom is 0.255 e. The maximum absolute atomic E-state index is 13.1. The third kappa shape index (κ3) is 3.24. The van der Waals surface area contributed by atoms with E-state index in [-0.39, 0.29) is 11.7 Å². The van der Waals surface area contributed by atoms with Gasteiger partial charge in [-0.3, -0.25) is 4.79 Å². The summed E-state index contributed by atoms with van der Waals surface area (Å²) in [6.45, 7) is 1.82. The van der Waals surface area contributed by atoms with Crippen molar-refractivity contribution in [2.75, 3.05) is 10.6 Å². The molecular formula is C19H16ClN5O2. The van der Waals surface area contributed by atoms with Gasteiger partial charge in [0, 0.05) is 16.4 Å². The fourth-order valence-electron chi connectivity index (χ4n) is 3.08. The van der Waals surface area contributed by atoms with Gasteiger partial charge in [0.25, 0.3) is 5.91 Å². The van der Waals surface area contributed by atoms with Gasteiger partial charge < -0.3 is 15.7 Å². The van der Waals surface area contributed by atoms with Gasteiger partial charge in [0.1, 0.15) is 18.1 Å². The Labute approximate surface area is 160 Å². The number of carbonyl (C=O) groups excluding carboxylic acids is 1. The van der Waals surface area contributed by atoms with Crippen LogP contribution in [-0.4, -0.2) is 25.8 Å². The zero-order chi connectivity index (χ0) is 19.0. The predicted octanol–water partition coefficient (Wildman–Crippen LogP) is 3.56. The fraction of sp³-hybridized carbons (Fsp3) is 0.105. The molecule has 0 saturated heterocycles. The van der Waals surface area contributed by atoms with Crippen LogP contribution < -0.4 is 10.6 Å². The summed E-state index contributed by atoms with van der Waals surface area (Å²) in [5.74, 6) is 0.439. The number of nitrogens with zero attached hydrogens (tertiary/aromatic N) is 3. The summed E-state index contributed by atoms with van der Waals surface area (Å²) in [6, 6.07) is 13.1. The van der Waals surface area contributed by atoms with E-state index in [1.807, 2.05) is 6.92 Å². The Hall–Kier alpha value is -3.32. The first-order valence-corrected chi connectivity index (χ1v) is 8.64. The van der Waals surface area contributed by atoms with E-state index < -0.39 is 6.04 Å². The molecule has 2 heterocycles. The van der Waals surface area contributed by atoms with Crippen LogP contribution in [0.5, 0.6) is 5.75 Å². The van der Waals surface area contributed by atoms with Crippen molar-refractivity contribution in [1.29, 1.82) is 0 Å². The van der Waals surface area contributed by atoms with Crippen LogP contribution in [0.15, 0.2) is 66.1 Å². The Bertz CT molecular complexity index is 1030. The Morgan fingerprint density at radius 1 is 1.19 bits per heavy atom. The van der Waals surface area contributed by atoms with Crippen molar-refractivity contribution in [1.82, 2.24) is 14.8 Å². The number of benzene rings is 2. The number of carbonyl (C=O) groups is 1. The van der Waals surface area contributed by atoms with Gasteiger partial charge in [-0.15, -0.1) is 0 Å². The molecule has 0 saturated carbocycles. The lowest BCUT2D eigenvalue weighted by Crippen LogP contribution is -2.31. The summed E-state index contributed by atoms with van der Waals surface area (Å²) in [4.78, 5) is 17.3. The van der Waals surface area contributed by atoms with E-state index in [2.05, 4.69) is 20.7 Å². The zero-order valence-corrected chi connectivity index (χ0v) is 15.1. The molecule has 1 atom stereocenters. The molecule has 1 aliphatic heterocycles. The molecule has 1 unspecified atom stereocenters. The molecule has 1 aromatic heterocycles. The summed E-state index contributed by atoms with van der Waals surface area (Å²) in [7, 11) is 0. The van der Waals surface area contributed by atoms with Crippen molar-refractivity contribution >= 4 is 29.1 Å². The number of phenolic OH excluding ortho intramolecular Hbond substituents is 1. The minimum atomic E-state index is -0.475. The molecule has 0 bridgehead atoms. The molecule has 4 rings (SSSR count). The number of hydrogen-bond donors (Lipinski definition) is 3. The van der Waals surface area contributed by atoms with Gasteiger partial charge in [-0.1, -0.05) is 23.7 Å². The van der Waals surface area contributed by atoms with Crippen LogP contribution in [0.3, 0.4) is 0 Å². The first kappa shape index (κ1) is 17.1. The molecule has 3 aromatic rings. The van der Waals surface area contributed by atoms with Crippen molar-refractivity contribution in [3.8, 4) is 5.75 Å². The normalized spacial score (nSPS) is 15.9. The van der Waals surface area contributed by atoms with Gasteiger partial charge in [0.05, 0.1) is 5.57 Å². The van der Waals surface area contributed by atoms with Crippen LogP contribution in [0, 0.1) is 0 Å². The van der Waals surface area contributed by atoms with E-state index in [9.17, 15) is 9.90 Å². The van der Waals surface area contributed by atoms with Gasteiger partial charge in [-0.2, -0.15) is 10.1 Å². The van der Waals surface area contributed by atoms with E-state index in [1.165, 1.54) is 6.33 Å². The molecule has 1 amide bonds. The third-order valence-electron chi connectivity index (χ3n) is 4.35. The molecule has 2 aromatic carbocycles. The van der Waals surface area contributed by atoms with Crippen molar-refractivity contribution in [3.05, 3.63) is 76.7 Å². The molecular weight excluding hydrogens is 366 g/mol. The number of amides is 1. The number of aromatic hydroxyl groups is 1. The van der Waals surface area contributed by atoms with E-state index in [4.69, 9.17) is 11.6 Å². The highest BCUT2D eigenvalue weighted by molar-refractivity contribution is 6.30. The van der Waals surface area contributed by atoms with E-state index in [1.54, 1.807) is 53.2 Å². The summed E-state index contributed by atoms with van der Waals surface area (Å²) in [6.07, 6.45) is 1.43. The van der Waals surface area contributed by atoms with Crippen molar-refractivity contribution in [2.45, 2.75) is 13.0 Å². The van der Waals surface area contributed by atoms with E-state index >= 15 is 0 Å². The Balaban J connectivity index is 1.74. The van der Waals surface area contributed by atoms with Crippen LogP contribution in [0.4, 0.5) is 11.6 Å². The molecule has 136 valence electrons. The third-order valence-corrected chi connectivity index (χ3v) is 4.60. The average Bonchev–Trinajstić information content (AvgIpc) is 3.11. The largest absolute Gasteiger partial charge is 0.508 e. The second-order valence-electron chi connectivity index (χ2n) is 6.15. The first-order valence-electron chi connectivity index (χ1n) is 8.26. The van der Waals surface area contributed by atoms with E-state index in [0.29, 0.717) is 27.9 Å². The zero-order valence-electron chi connectivity index (χ0n) is 14.3. The number of aromatic nitrogens is 3. The van der Waals surface area contributed by atoms with Crippen LogP contribution in [0.25, 0.3) is 0 Å². The quantitative estimate of drug-likeness (QED) is 0.645. The predicted molar refractivity (Wildman–Crippen MR) is 103 cm³/mol. The number of fused-ring (bicyclic) bond motifs is 1. The second-order valence-corrected chi connectivity index (χ2v) is 6.58. The van der Waals surface area contributed by atoms with Crippen LogP contribution >= 0.6 is 11.6 Å². The van der Waals surface area contributed by atoms with Gasteiger partial charge in [0.15, 0.2) is 0 Å². The molecule has 27 heavy (non-hydrogen) atoms. The first-order chi connectivity index (χ1) is 13.0. The molecule has 0 spiro atoms. The number of phenols is 1. The lowest BCUT2D eigenvalue weighted by Gasteiger charge is -2.28. The molecule has 0 radical (unpaired) electrons. The monoisotopic (exact) mass is 381 g/mol. The molecule has 1 aliphatic rings. The number of anilines is 2. The summed E-state index contributed by atoms with van der Waals surface area (Å²) in [5.41, 5.74) is 2.63. The van der Waals surface area contributed by atoms with Crippen LogP contribution in [0.2, 0.25) is 5.02 Å². The molecule has 8 heteroatoms. The summed E-state index contributed by atoms with van der Waals surface area (Å²) in [5, 5.41) is 20.5. The average molecular weight is 382 g/mol. The lowest BCUT2D eigenvalue weighted by atomic mass is 9.95. The van der Waals surface area contributed by atoms with Gasteiger partial charge in [0.2, 0.25) is 5.95 Å².